The van der Waals surface area contributed by atoms with Gasteiger partial charge < -0.3 is 19.5 Å². The molecule has 0 saturated carbocycles. The Kier molecular flexibility index (Phi) is 7.65. The third-order valence-electron chi connectivity index (χ3n) is 4.04. The van der Waals surface area contributed by atoms with Crippen molar-refractivity contribution in [3.8, 4) is 11.5 Å². The summed E-state index contributed by atoms with van der Waals surface area (Å²) in [5, 5.41) is 2.57. The van der Waals surface area contributed by atoms with Crippen LogP contribution in [0.25, 0.3) is 0 Å². The number of amides is 1. The van der Waals surface area contributed by atoms with E-state index in [0.717, 1.165) is 10.6 Å². The summed E-state index contributed by atoms with van der Waals surface area (Å²) in [4.78, 5) is 24.7. The number of esters is 1. The molecule has 1 N–H and O–H groups in total. The molecule has 0 aliphatic rings. The van der Waals surface area contributed by atoms with Crippen molar-refractivity contribution in [1.82, 2.24) is 0 Å². The van der Waals surface area contributed by atoms with Crippen LogP contribution in [-0.4, -0.2) is 53.9 Å². The lowest BCUT2D eigenvalue weighted by molar-refractivity contribution is -0.114. The van der Waals surface area contributed by atoms with Crippen LogP contribution in [0.2, 0.25) is 0 Å². The molecule has 0 spiro atoms. The molecule has 30 heavy (non-hydrogen) atoms. The second-order valence-electron chi connectivity index (χ2n) is 6.12. The first kappa shape index (κ1) is 23.0. The monoisotopic (exact) mass is 436 g/mol. The molecule has 10 heteroatoms. The van der Waals surface area contributed by atoms with Crippen LogP contribution >= 0.6 is 0 Å². The fraction of sp³-hybridized carbons (Fsp3) is 0.300. The van der Waals surface area contributed by atoms with Crippen molar-refractivity contribution in [2.24, 2.45) is 0 Å². The van der Waals surface area contributed by atoms with Crippen molar-refractivity contribution in [2.75, 3.05) is 43.2 Å². The Balaban J connectivity index is 2.30. The topological polar surface area (TPSA) is 111 Å². The lowest BCUT2D eigenvalue weighted by Crippen LogP contribution is -2.37. The molecule has 9 nitrogen and oxygen atoms in total. The molecule has 0 radical (unpaired) electrons. The highest BCUT2D eigenvalue weighted by Gasteiger charge is 2.23. The van der Waals surface area contributed by atoms with Crippen LogP contribution in [0.3, 0.4) is 0 Å². The molecule has 0 unspecified atom stereocenters. The average Bonchev–Trinajstić information content (AvgIpc) is 2.71. The number of rotatable bonds is 9. The molecule has 2 rings (SSSR count). The van der Waals surface area contributed by atoms with Gasteiger partial charge >= 0.3 is 5.97 Å². The number of carbonyl (C=O) groups is 2. The van der Waals surface area contributed by atoms with Crippen molar-refractivity contribution in [3.05, 3.63) is 48.0 Å². The number of methoxy groups -OCH3 is 2. The van der Waals surface area contributed by atoms with Gasteiger partial charge in [-0.1, -0.05) is 12.1 Å². The standard InChI is InChI=1S/C20H24N2O7S/c1-5-29-20(24)15-8-6-7-9-16(15)21-19(23)13-22(30(4,25)26)14-10-11-17(27-2)18(12-14)28-3/h6-12H,5,13H2,1-4H3,(H,21,23). The van der Waals surface area contributed by atoms with Crippen LogP contribution in [-0.2, 0) is 19.6 Å². The molecule has 0 atom stereocenters. The molecule has 0 saturated heterocycles. The molecule has 0 fully saturated rings. The van der Waals surface area contributed by atoms with Gasteiger partial charge in [-0.15, -0.1) is 0 Å². The fourth-order valence-electron chi connectivity index (χ4n) is 2.68. The number of ether oxygens (including phenoxy) is 3. The van der Waals surface area contributed by atoms with Crippen LogP contribution < -0.4 is 19.1 Å². The lowest BCUT2D eigenvalue weighted by Gasteiger charge is -2.23. The van der Waals surface area contributed by atoms with E-state index in [4.69, 9.17) is 14.2 Å². The summed E-state index contributed by atoms with van der Waals surface area (Å²) >= 11 is 0. The molecule has 0 bridgehead atoms. The maximum absolute atomic E-state index is 12.6. The largest absolute Gasteiger partial charge is 0.493 e. The van der Waals surface area contributed by atoms with Gasteiger partial charge in [-0.2, -0.15) is 0 Å². The zero-order valence-corrected chi connectivity index (χ0v) is 18.0. The van der Waals surface area contributed by atoms with Gasteiger partial charge in [0.25, 0.3) is 0 Å². The number of benzene rings is 2. The van der Waals surface area contributed by atoms with Crippen molar-refractivity contribution in [2.45, 2.75) is 6.92 Å². The van der Waals surface area contributed by atoms with Gasteiger partial charge in [0.15, 0.2) is 11.5 Å². The van der Waals surface area contributed by atoms with Crippen molar-refractivity contribution in [3.63, 3.8) is 0 Å². The summed E-state index contributed by atoms with van der Waals surface area (Å²) in [6.45, 7) is 1.35. The van der Waals surface area contributed by atoms with Crippen LogP contribution in [0.5, 0.6) is 11.5 Å². The number of hydrogen-bond acceptors (Lipinski definition) is 7. The molecule has 0 heterocycles. The Morgan fingerprint density at radius 3 is 2.30 bits per heavy atom. The summed E-state index contributed by atoms with van der Waals surface area (Å²) in [6, 6.07) is 10.8. The molecule has 162 valence electrons. The van der Waals surface area contributed by atoms with E-state index in [1.165, 1.54) is 38.5 Å². The van der Waals surface area contributed by atoms with Gasteiger partial charge in [0.05, 0.1) is 44.0 Å². The number of carbonyl (C=O) groups excluding carboxylic acids is 2. The van der Waals surface area contributed by atoms with Gasteiger partial charge in [-0.3, -0.25) is 9.10 Å². The minimum atomic E-state index is -3.80. The Labute approximate surface area is 175 Å². The van der Waals surface area contributed by atoms with E-state index in [2.05, 4.69) is 5.32 Å². The highest BCUT2D eigenvalue weighted by molar-refractivity contribution is 7.92. The number of nitrogens with one attached hydrogen (secondary N) is 1. The predicted octanol–water partition coefficient (Wildman–Crippen LogP) is 2.29. The van der Waals surface area contributed by atoms with Crippen LogP contribution in [0.1, 0.15) is 17.3 Å². The summed E-state index contributed by atoms with van der Waals surface area (Å²) in [6.07, 6.45) is 0.990. The van der Waals surface area contributed by atoms with Crippen LogP contribution in [0, 0.1) is 0 Å². The maximum Gasteiger partial charge on any atom is 0.340 e. The average molecular weight is 436 g/mol. The Bertz CT molecular complexity index is 1020. The fourth-order valence-corrected chi connectivity index (χ4v) is 3.53. The van der Waals surface area contributed by atoms with E-state index in [1.807, 2.05) is 0 Å². The molecule has 0 aliphatic carbocycles. The van der Waals surface area contributed by atoms with Gasteiger partial charge in [0.2, 0.25) is 15.9 Å². The SMILES string of the molecule is CCOC(=O)c1ccccc1NC(=O)CN(c1ccc(OC)c(OC)c1)S(C)(=O)=O. The van der Waals surface area contributed by atoms with Gasteiger partial charge in [0.1, 0.15) is 6.54 Å². The summed E-state index contributed by atoms with van der Waals surface area (Å²) in [7, 11) is -0.920. The first-order valence-electron chi connectivity index (χ1n) is 8.97. The summed E-state index contributed by atoms with van der Waals surface area (Å²) < 4.78 is 40.9. The molecule has 2 aromatic carbocycles. The van der Waals surface area contributed by atoms with Gasteiger partial charge in [0, 0.05) is 6.07 Å². The third-order valence-corrected chi connectivity index (χ3v) is 5.18. The highest BCUT2D eigenvalue weighted by atomic mass is 32.2. The van der Waals surface area contributed by atoms with E-state index in [1.54, 1.807) is 25.1 Å². The molecule has 0 aliphatic heterocycles. The normalized spacial score (nSPS) is 10.8. The zero-order chi connectivity index (χ0) is 22.3. The number of sulfonamides is 1. The van der Waals surface area contributed by atoms with E-state index in [-0.39, 0.29) is 23.5 Å². The molecule has 1 amide bonds. The zero-order valence-electron chi connectivity index (χ0n) is 17.2. The Morgan fingerprint density at radius 2 is 1.70 bits per heavy atom. The summed E-state index contributed by atoms with van der Waals surface area (Å²) in [5.74, 6) is -0.487. The minimum absolute atomic E-state index is 0.171. The Hall–Kier alpha value is -3.27. The molecule has 0 aromatic heterocycles. The lowest BCUT2D eigenvalue weighted by atomic mass is 10.2. The van der Waals surface area contributed by atoms with Crippen molar-refractivity contribution in [1.29, 1.82) is 0 Å². The van der Waals surface area contributed by atoms with E-state index in [9.17, 15) is 18.0 Å². The molecule has 2 aromatic rings. The first-order valence-corrected chi connectivity index (χ1v) is 10.8. The smallest absolute Gasteiger partial charge is 0.340 e. The van der Waals surface area contributed by atoms with Crippen molar-refractivity contribution >= 4 is 33.3 Å². The third kappa shape index (κ3) is 5.63. The van der Waals surface area contributed by atoms with Crippen LogP contribution in [0.15, 0.2) is 42.5 Å². The minimum Gasteiger partial charge on any atom is -0.493 e. The van der Waals surface area contributed by atoms with E-state index in [0.29, 0.717) is 11.5 Å². The second kappa shape index (κ2) is 9.97. The van der Waals surface area contributed by atoms with Gasteiger partial charge in [-0.25, -0.2) is 13.2 Å². The van der Waals surface area contributed by atoms with E-state index >= 15 is 0 Å². The predicted molar refractivity (Wildman–Crippen MR) is 113 cm³/mol. The number of para-hydroxylation sites is 1. The molecular formula is C20H24N2O7S. The number of anilines is 2. The van der Waals surface area contributed by atoms with Gasteiger partial charge in [-0.05, 0) is 31.2 Å². The first-order chi connectivity index (χ1) is 14.2. The summed E-state index contributed by atoms with van der Waals surface area (Å²) in [5.41, 5.74) is 0.621. The molecular weight excluding hydrogens is 412 g/mol. The quantitative estimate of drug-likeness (QED) is 0.600. The maximum atomic E-state index is 12.6. The number of hydrogen-bond donors (Lipinski definition) is 1. The highest BCUT2D eigenvalue weighted by Crippen LogP contribution is 2.32. The second-order valence-corrected chi connectivity index (χ2v) is 8.03. The van der Waals surface area contributed by atoms with E-state index < -0.39 is 28.4 Å². The van der Waals surface area contributed by atoms with Crippen LogP contribution in [0.4, 0.5) is 11.4 Å². The van der Waals surface area contributed by atoms with Crippen molar-refractivity contribution < 1.29 is 32.2 Å². The Morgan fingerprint density at radius 1 is 1.03 bits per heavy atom. The number of nitrogens with zero attached hydrogens (tertiary/aromatic N) is 1.